The molecular formula is C22H19N5. The van der Waals surface area contributed by atoms with Crippen molar-refractivity contribution < 1.29 is 0 Å². The van der Waals surface area contributed by atoms with Crippen molar-refractivity contribution in [3.63, 3.8) is 0 Å². The molecule has 3 aliphatic heterocycles. The van der Waals surface area contributed by atoms with E-state index in [-0.39, 0.29) is 0 Å². The van der Waals surface area contributed by atoms with Crippen LogP contribution in [-0.4, -0.2) is 21.4 Å². The largest absolute Gasteiger partial charge is 0.355 e. The zero-order valence-electron chi connectivity index (χ0n) is 14.9. The molecule has 5 nitrogen and oxygen atoms in total. The fourth-order valence-corrected chi connectivity index (χ4v) is 3.56. The predicted octanol–water partition coefficient (Wildman–Crippen LogP) is 2.49. The van der Waals surface area contributed by atoms with Gasteiger partial charge in [-0.2, -0.15) is 0 Å². The third kappa shape index (κ3) is 2.83. The van der Waals surface area contributed by atoms with Crippen molar-refractivity contribution in [3.8, 4) is 0 Å². The molecule has 132 valence electrons. The van der Waals surface area contributed by atoms with E-state index in [1.54, 1.807) is 0 Å². The fourth-order valence-electron chi connectivity index (χ4n) is 3.56. The zero-order valence-corrected chi connectivity index (χ0v) is 14.9. The number of nitrogens with zero attached hydrogens (tertiary/aromatic N) is 1. The molecule has 2 aromatic heterocycles. The minimum Gasteiger partial charge on any atom is -0.355 e. The molecule has 0 aromatic carbocycles. The Morgan fingerprint density at radius 2 is 1.67 bits per heavy atom. The van der Waals surface area contributed by atoms with Crippen molar-refractivity contribution in [1.82, 2.24) is 15.3 Å². The first kappa shape index (κ1) is 15.6. The van der Waals surface area contributed by atoms with Gasteiger partial charge in [0.25, 0.3) is 0 Å². The molecule has 0 unspecified atom stereocenters. The maximum absolute atomic E-state index is 8.53. The molecule has 5 rings (SSSR count). The minimum atomic E-state index is 0.542. The van der Waals surface area contributed by atoms with Gasteiger partial charge in [-0.3, -0.25) is 5.41 Å². The van der Waals surface area contributed by atoms with Gasteiger partial charge >= 0.3 is 0 Å². The van der Waals surface area contributed by atoms with Crippen LogP contribution in [0.5, 0.6) is 0 Å². The Hall–Kier alpha value is -3.60. The molecule has 4 N–H and O–H groups in total. The molecule has 0 spiro atoms. The van der Waals surface area contributed by atoms with Crippen molar-refractivity contribution in [2.75, 3.05) is 0 Å². The van der Waals surface area contributed by atoms with Crippen LogP contribution in [0.3, 0.4) is 0 Å². The van der Waals surface area contributed by atoms with E-state index in [0.717, 1.165) is 56.9 Å². The van der Waals surface area contributed by atoms with Gasteiger partial charge in [-0.1, -0.05) is 6.92 Å². The molecule has 0 radical (unpaired) electrons. The lowest BCUT2D eigenvalue weighted by Crippen LogP contribution is -2.11. The molecule has 3 aliphatic rings. The Balaban J connectivity index is 1.72. The number of allylic oxidation sites excluding steroid dienone is 4. The monoisotopic (exact) mass is 353 g/mol. The number of hydrogen-bond donors (Lipinski definition) is 4. The van der Waals surface area contributed by atoms with E-state index in [4.69, 9.17) is 5.41 Å². The lowest BCUT2D eigenvalue weighted by molar-refractivity contribution is 1.06. The number of H-pyrrole nitrogens is 2. The smallest absolute Gasteiger partial charge is 0.0828 e. The van der Waals surface area contributed by atoms with Crippen molar-refractivity contribution in [2.45, 2.75) is 13.3 Å². The van der Waals surface area contributed by atoms with E-state index in [1.165, 1.54) is 0 Å². The molecule has 8 bridgehead atoms. The number of fused-ring (bicyclic) bond motifs is 7. The minimum absolute atomic E-state index is 0.542. The van der Waals surface area contributed by atoms with Crippen LogP contribution in [0.4, 0.5) is 0 Å². The van der Waals surface area contributed by atoms with Crippen LogP contribution in [0.2, 0.25) is 0 Å². The molecule has 27 heavy (non-hydrogen) atoms. The van der Waals surface area contributed by atoms with Crippen LogP contribution < -0.4 is 16.0 Å². The van der Waals surface area contributed by atoms with E-state index in [2.05, 4.69) is 45.4 Å². The summed E-state index contributed by atoms with van der Waals surface area (Å²) in [6.07, 6.45) is 12.9. The van der Waals surface area contributed by atoms with Crippen LogP contribution in [-0.2, 0) is 0 Å². The number of aromatic amines is 2. The summed E-state index contributed by atoms with van der Waals surface area (Å²) in [4.78, 5) is 11.5. The quantitative estimate of drug-likeness (QED) is 0.624. The molecule has 0 aliphatic carbocycles. The van der Waals surface area contributed by atoms with Crippen molar-refractivity contribution in [1.29, 1.82) is 5.41 Å². The van der Waals surface area contributed by atoms with Crippen molar-refractivity contribution in [3.05, 3.63) is 87.2 Å². The Morgan fingerprint density at radius 1 is 0.889 bits per heavy atom. The lowest BCUT2D eigenvalue weighted by atomic mass is 10.1. The van der Waals surface area contributed by atoms with E-state index in [9.17, 15) is 0 Å². The maximum atomic E-state index is 8.53. The Labute approximate surface area is 156 Å². The molecule has 5 heteroatoms. The van der Waals surface area contributed by atoms with Gasteiger partial charge in [0.15, 0.2) is 0 Å². The first-order valence-corrected chi connectivity index (χ1v) is 9.05. The molecule has 2 aromatic rings. The second-order valence-electron chi connectivity index (χ2n) is 6.77. The van der Waals surface area contributed by atoms with Crippen molar-refractivity contribution in [2.24, 2.45) is 4.99 Å². The van der Waals surface area contributed by atoms with Gasteiger partial charge in [0.1, 0.15) is 0 Å². The number of nitrogens with one attached hydrogen (secondary N) is 4. The second kappa shape index (κ2) is 5.99. The lowest BCUT2D eigenvalue weighted by Gasteiger charge is -2.01. The summed E-state index contributed by atoms with van der Waals surface area (Å²) in [5.74, 6) is 0. The highest BCUT2D eigenvalue weighted by atomic mass is 15.0. The highest BCUT2D eigenvalue weighted by Gasteiger charge is 2.22. The molecule has 0 saturated heterocycles. The van der Waals surface area contributed by atoms with E-state index in [0.29, 0.717) is 5.71 Å². The van der Waals surface area contributed by atoms with E-state index < -0.39 is 0 Å². The first-order chi connectivity index (χ1) is 13.2. The van der Waals surface area contributed by atoms with E-state index >= 15 is 0 Å². The summed E-state index contributed by atoms with van der Waals surface area (Å²) in [7, 11) is 0. The maximum Gasteiger partial charge on any atom is 0.0828 e. The van der Waals surface area contributed by atoms with Crippen LogP contribution >= 0.6 is 0 Å². The van der Waals surface area contributed by atoms with Gasteiger partial charge in [0, 0.05) is 33.4 Å². The number of aliphatic imine (C=N–C) groups is 1. The Bertz CT molecular complexity index is 1240. The summed E-state index contributed by atoms with van der Waals surface area (Å²) in [6, 6.07) is 8.17. The fraction of sp³-hybridized carbons (Fsp3) is 0.0909. The Kier molecular flexibility index (Phi) is 3.47. The number of rotatable bonds is 1. The Morgan fingerprint density at radius 3 is 2.48 bits per heavy atom. The summed E-state index contributed by atoms with van der Waals surface area (Å²) >= 11 is 0. The summed E-state index contributed by atoms with van der Waals surface area (Å²) in [5.41, 5.74) is 7.07. The highest BCUT2D eigenvalue weighted by molar-refractivity contribution is 6.19. The van der Waals surface area contributed by atoms with Gasteiger partial charge in [-0.05, 0) is 67.1 Å². The second-order valence-corrected chi connectivity index (χ2v) is 6.77. The SMILES string of the molecule is CCC1=C2C=C3C=CC(=N3)C=c3ccc([nH]3)=Cc3ccc([nH]3)C=C(N2)C1=N. The highest BCUT2D eigenvalue weighted by Crippen LogP contribution is 2.25. The third-order valence-electron chi connectivity index (χ3n) is 4.87. The van der Waals surface area contributed by atoms with Gasteiger partial charge < -0.3 is 15.3 Å². The molecule has 0 amide bonds. The van der Waals surface area contributed by atoms with Crippen LogP contribution in [0.15, 0.2) is 70.2 Å². The average Bonchev–Trinajstić information content (AvgIpc) is 3.41. The van der Waals surface area contributed by atoms with Crippen LogP contribution in [0.25, 0.3) is 18.2 Å². The van der Waals surface area contributed by atoms with Crippen molar-refractivity contribution >= 4 is 29.7 Å². The van der Waals surface area contributed by atoms with E-state index in [1.807, 2.05) is 42.5 Å². The number of aromatic nitrogens is 2. The summed E-state index contributed by atoms with van der Waals surface area (Å²) < 4.78 is 0. The molecule has 0 saturated carbocycles. The van der Waals surface area contributed by atoms with Gasteiger partial charge in [0.05, 0.1) is 22.8 Å². The first-order valence-electron chi connectivity index (χ1n) is 9.05. The average molecular weight is 353 g/mol. The van der Waals surface area contributed by atoms with Gasteiger partial charge in [-0.15, -0.1) is 0 Å². The number of hydrogen-bond acceptors (Lipinski definition) is 3. The molecule has 0 atom stereocenters. The molecule has 5 heterocycles. The van der Waals surface area contributed by atoms with Gasteiger partial charge in [0.2, 0.25) is 0 Å². The third-order valence-corrected chi connectivity index (χ3v) is 4.87. The summed E-state index contributed by atoms with van der Waals surface area (Å²) in [5, 5.41) is 14.0. The molecule has 0 fully saturated rings. The molecular weight excluding hydrogens is 334 g/mol. The standard InChI is InChI=1S/C22H19N5/c1-2-19-20-11-17-7-5-15(25-17)9-13-3-4-14(24-13)10-16-6-8-18(26-16)12-21(27-20)22(19)23/h3-12,23-24,26-27H,2H2,1H3. The zero-order chi connectivity index (χ0) is 18.4. The normalized spacial score (nSPS) is 17.8. The van der Waals surface area contributed by atoms with Gasteiger partial charge in [-0.25, -0.2) is 4.99 Å². The summed E-state index contributed by atoms with van der Waals surface area (Å²) in [6.45, 7) is 2.08. The van der Waals surface area contributed by atoms with Crippen LogP contribution in [0, 0.1) is 5.41 Å². The predicted molar refractivity (Wildman–Crippen MR) is 110 cm³/mol. The topological polar surface area (TPSA) is 79.8 Å². The van der Waals surface area contributed by atoms with Crippen LogP contribution in [0.1, 0.15) is 24.7 Å².